The molecule has 0 fully saturated rings. The van der Waals surface area contributed by atoms with Gasteiger partial charge >= 0.3 is 5.97 Å². The van der Waals surface area contributed by atoms with Crippen molar-refractivity contribution in [2.45, 2.75) is 25.7 Å². The number of nitrogens with zero attached hydrogens (tertiary/aromatic N) is 2. The van der Waals surface area contributed by atoms with Crippen LogP contribution >= 0.6 is 23.4 Å². The Kier molecular flexibility index (Phi) is 7.72. The summed E-state index contributed by atoms with van der Waals surface area (Å²) in [6, 6.07) is 10.8. The van der Waals surface area contributed by atoms with Crippen LogP contribution < -0.4 is 5.32 Å². The maximum absolute atomic E-state index is 12.4. The predicted molar refractivity (Wildman–Crippen MR) is 102 cm³/mol. The minimum Gasteiger partial charge on any atom is -0.465 e. The van der Waals surface area contributed by atoms with E-state index < -0.39 is 23.7 Å². The Labute approximate surface area is 167 Å². The van der Waals surface area contributed by atoms with Crippen molar-refractivity contribution in [3.8, 4) is 12.1 Å². The number of hydrogen-bond donors (Lipinski definition) is 1. The van der Waals surface area contributed by atoms with Crippen molar-refractivity contribution in [2.75, 3.05) is 12.4 Å². The molecule has 0 aromatic heterocycles. The summed E-state index contributed by atoms with van der Waals surface area (Å²) in [6.07, 6.45) is 1.69. The molecule has 0 bridgehead atoms. The number of esters is 1. The topological polar surface area (TPSA) is 103 Å². The van der Waals surface area contributed by atoms with Gasteiger partial charge in [0.25, 0.3) is 0 Å². The van der Waals surface area contributed by atoms with Crippen LogP contribution in [0.5, 0.6) is 0 Å². The summed E-state index contributed by atoms with van der Waals surface area (Å²) >= 11 is 7.26. The van der Waals surface area contributed by atoms with Crippen LogP contribution in [0.15, 0.2) is 34.9 Å². The fraction of sp³-hybridized carbons (Fsp3) is 0.368. The van der Waals surface area contributed by atoms with Gasteiger partial charge in [-0.3, -0.25) is 9.59 Å². The number of nitriles is 2. The third kappa shape index (κ3) is 5.03. The molecule has 2 rings (SSSR count). The molecular formula is C19H18ClN3O3S. The maximum Gasteiger partial charge on any atom is 0.316 e. The molecule has 1 aromatic rings. The largest absolute Gasteiger partial charge is 0.465 e. The average molecular weight is 404 g/mol. The zero-order valence-electron chi connectivity index (χ0n) is 14.7. The number of allylic oxidation sites excluding steroid dienone is 1. The van der Waals surface area contributed by atoms with Crippen LogP contribution in [0, 0.1) is 28.6 Å². The monoisotopic (exact) mass is 403 g/mol. The SMILES string of the molecule is CCCCOC(=O)CSC1=C(C#N)[C@@H](c2ccccc2Cl)[C@H](C#N)C(=O)N1. The molecule has 0 unspecified atom stereocenters. The van der Waals surface area contributed by atoms with E-state index in [0.29, 0.717) is 17.2 Å². The Morgan fingerprint density at radius 3 is 2.74 bits per heavy atom. The fourth-order valence-electron chi connectivity index (χ4n) is 2.65. The highest BCUT2D eigenvalue weighted by Gasteiger charge is 2.40. The number of rotatable bonds is 7. The third-order valence-electron chi connectivity index (χ3n) is 4.00. The number of nitrogens with one attached hydrogen (secondary N) is 1. The Bertz CT molecular complexity index is 841. The first-order valence-corrected chi connectivity index (χ1v) is 9.77. The quantitative estimate of drug-likeness (QED) is 0.552. The second-order valence-corrected chi connectivity index (χ2v) is 7.21. The normalized spacial score (nSPS) is 19.0. The lowest BCUT2D eigenvalue weighted by atomic mass is 9.79. The average Bonchev–Trinajstić information content (AvgIpc) is 2.66. The zero-order valence-corrected chi connectivity index (χ0v) is 16.3. The van der Waals surface area contributed by atoms with Gasteiger partial charge in [0, 0.05) is 10.9 Å². The number of unbranched alkanes of at least 4 members (excludes halogenated alkanes) is 1. The molecular weight excluding hydrogens is 386 g/mol. The van der Waals surface area contributed by atoms with Crippen LogP contribution in [0.4, 0.5) is 0 Å². The number of ether oxygens (including phenoxy) is 1. The Hall–Kier alpha value is -2.48. The van der Waals surface area contributed by atoms with Gasteiger partial charge in [-0.15, -0.1) is 0 Å². The summed E-state index contributed by atoms with van der Waals surface area (Å²) in [6.45, 7) is 2.33. The molecule has 2 atom stereocenters. The van der Waals surface area contributed by atoms with Crippen LogP contribution in [0.2, 0.25) is 5.02 Å². The minimum absolute atomic E-state index is 0.0447. The lowest BCUT2D eigenvalue weighted by Crippen LogP contribution is -2.39. The number of benzene rings is 1. The zero-order chi connectivity index (χ0) is 19.8. The first kappa shape index (κ1) is 20.8. The molecule has 0 spiro atoms. The van der Waals surface area contributed by atoms with Gasteiger partial charge in [-0.05, 0) is 18.1 Å². The standard InChI is InChI=1S/C19H18ClN3O3S/c1-2-3-8-26-16(24)11-27-19-14(10-22)17(13(9-21)18(25)23-19)12-6-4-5-7-15(12)20/h4-7,13,17H,2-3,8,11H2,1H3,(H,23,25)/t13-,17-/m0/s1. The molecule has 1 aliphatic heterocycles. The maximum atomic E-state index is 12.4. The van der Waals surface area contributed by atoms with Gasteiger partial charge in [0.05, 0.1) is 35.1 Å². The van der Waals surface area contributed by atoms with Gasteiger partial charge in [0.15, 0.2) is 0 Å². The van der Waals surface area contributed by atoms with Crippen LogP contribution in [-0.4, -0.2) is 24.2 Å². The van der Waals surface area contributed by atoms with Crippen LogP contribution in [-0.2, 0) is 14.3 Å². The summed E-state index contributed by atoms with van der Waals surface area (Å²) in [5, 5.41) is 22.3. The number of amides is 1. The Morgan fingerprint density at radius 1 is 1.37 bits per heavy atom. The molecule has 1 N–H and O–H groups in total. The van der Waals surface area contributed by atoms with E-state index in [4.69, 9.17) is 16.3 Å². The third-order valence-corrected chi connectivity index (χ3v) is 5.34. The smallest absolute Gasteiger partial charge is 0.316 e. The molecule has 0 saturated carbocycles. The molecule has 6 nitrogen and oxygen atoms in total. The van der Waals surface area contributed by atoms with Crippen molar-refractivity contribution in [1.82, 2.24) is 5.32 Å². The number of hydrogen-bond acceptors (Lipinski definition) is 6. The molecule has 0 saturated heterocycles. The second-order valence-electron chi connectivity index (χ2n) is 5.81. The highest BCUT2D eigenvalue weighted by molar-refractivity contribution is 8.03. The number of carbonyl (C=O) groups is 2. The van der Waals surface area contributed by atoms with Crippen molar-refractivity contribution < 1.29 is 14.3 Å². The van der Waals surface area contributed by atoms with E-state index in [1.54, 1.807) is 24.3 Å². The van der Waals surface area contributed by atoms with Crippen molar-refractivity contribution in [1.29, 1.82) is 10.5 Å². The van der Waals surface area contributed by atoms with E-state index in [0.717, 1.165) is 24.6 Å². The Balaban J connectivity index is 2.31. The van der Waals surface area contributed by atoms with E-state index in [9.17, 15) is 20.1 Å². The summed E-state index contributed by atoms with van der Waals surface area (Å²) in [4.78, 5) is 24.2. The van der Waals surface area contributed by atoms with E-state index in [-0.39, 0.29) is 16.4 Å². The van der Waals surface area contributed by atoms with Gasteiger partial charge in [0.2, 0.25) is 5.91 Å². The molecule has 1 amide bonds. The lowest BCUT2D eigenvalue weighted by Gasteiger charge is -2.29. The number of thioether (sulfide) groups is 1. The first-order chi connectivity index (χ1) is 13.0. The molecule has 27 heavy (non-hydrogen) atoms. The number of carbonyl (C=O) groups excluding carboxylic acids is 2. The van der Waals surface area contributed by atoms with Gasteiger partial charge in [0.1, 0.15) is 5.92 Å². The molecule has 1 aromatic carbocycles. The van der Waals surface area contributed by atoms with E-state index in [2.05, 4.69) is 11.4 Å². The molecule has 8 heteroatoms. The van der Waals surface area contributed by atoms with Crippen molar-refractivity contribution in [3.05, 3.63) is 45.5 Å². The van der Waals surface area contributed by atoms with Gasteiger partial charge in [-0.25, -0.2) is 0 Å². The summed E-state index contributed by atoms with van der Waals surface area (Å²) in [7, 11) is 0. The Morgan fingerprint density at radius 2 is 2.11 bits per heavy atom. The van der Waals surface area contributed by atoms with Crippen LogP contribution in [0.25, 0.3) is 0 Å². The highest BCUT2D eigenvalue weighted by Crippen LogP contribution is 2.41. The highest BCUT2D eigenvalue weighted by atomic mass is 35.5. The van der Waals surface area contributed by atoms with Gasteiger partial charge in [-0.1, -0.05) is 54.9 Å². The molecule has 140 valence electrons. The summed E-state index contributed by atoms with van der Waals surface area (Å²) in [5.41, 5.74) is 0.737. The van der Waals surface area contributed by atoms with Crippen molar-refractivity contribution in [3.63, 3.8) is 0 Å². The first-order valence-electron chi connectivity index (χ1n) is 8.41. The van der Waals surface area contributed by atoms with Crippen LogP contribution in [0.3, 0.4) is 0 Å². The summed E-state index contributed by atoms with van der Waals surface area (Å²) < 4.78 is 5.09. The van der Waals surface area contributed by atoms with E-state index in [1.807, 2.05) is 13.0 Å². The van der Waals surface area contributed by atoms with E-state index >= 15 is 0 Å². The van der Waals surface area contributed by atoms with Gasteiger partial charge < -0.3 is 10.1 Å². The van der Waals surface area contributed by atoms with Crippen LogP contribution in [0.1, 0.15) is 31.2 Å². The second kappa shape index (κ2) is 10.0. The fourth-order valence-corrected chi connectivity index (χ4v) is 3.75. The van der Waals surface area contributed by atoms with Crippen molar-refractivity contribution in [2.24, 2.45) is 5.92 Å². The van der Waals surface area contributed by atoms with Crippen molar-refractivity contribution >= 4 is 35.2 Å². The summed E-state index contributed by atoms with van der Waals surface area (Å²) in [5.74, 6) is -2.87. The van der Waals surface area contributed by atoms with Gasteiger partial charge in [-0.2, -0.15) is 10.5 Å². The number of halogens is 1. The minimum atomic E-state index is -1.08. The molecule has 0 radical (unpaired) electrons. The van der Waals surface area contributed by atoms with E-state index in [1.165, 1.54) is 0 Å². The lowest BCUT2D eigenvalue weighted by molar-refractivity contribution is -0.140. The predicted octanol–water partition coefficient (Wildman–Crippen LogP) is 3.50. The molecule has 0 aliphatic carbocycles. The molecule has 1 aliphatic rings. The molecule has 1 heterocycles.